The van der Waals surface area contributed by atoms with Crippen LogP contribution < -0.4 is 11.1 Å². The van der Waals surface area contributed by atoms with Crippen molar-refractivity contribution in [3.05, 3.63) is 47.3 Å². The fourth-order valence-corrected chi connectivity index (χ4v) is 2.69. The first-order chi connectivity index (χ1) is 9.58. The first kappa shape index (κ1) is 12.7. The van der Waals surface area contributed by atoms with Crippen LogP contribution in [-0.2, 0) is 13.5 Å². The van der Waals surface area contributed by atoms with Crippen LogP contribution in [0.1, 0.15) is 27.7 Å². The normalized spacial score (nSPS) is 20.7. The SMILES string of the molecule is Cn1ncc(N)c1C(=O)N[C@@H]1c2ccccc2C[C@@H]1O. The summed E-state index contributed by atoms with van der Waals surface area (Å²) in [5.41, 5.74) is 8.38. The molecule has 0 spiro atoms. The van der Waals surface area contributed by atoms with Gasteiger partial charge in [0.05, 0.1) is 24.0 Å². The first-order valence-corrected chi connectivity index (χ1v) is 6.42. The largest absolute Gasteiger partial charge is 0.396 e. The van der Waals surface area contributed by atoms with E-state index >= 15 is 0 Å². The number of anilines is 1. The van der Waals surface area contributed by atoms with Gasteiger partial charge in [-0.1, -0.05) is 24.3 Å². The van der Waals surface area contributed by atoms with Gasteiger partial charge in [0.1, 0.15) is 5.69 Å². The highest BCUT2D eigenvalue weighted by Crippen LogP contribution is 2.31. The van der Waals surface area contributed by atoms with Crippen LogP contribution in [0.2, 0.25) is 0 Å². The number of nitrogens with zero attached hydrogens (tertiary/aromatic N) is 2. The number of aromatic nitrogens is 2. The van der Waals surface area contributed by atoms with Crippen molar-refractivity contribution in [3.63, 3.8) is 0 Å². The van der Waals surface area contributed by atoms with Crippen LogP contribution in [0.15, 0.2) is 30.5 Å². The average Bonchev–Trinajstić information content (AvgIpc) is 2.91. The molecular weight excluding hydrogens is 256 g/mol. The molecule has 2 atom stereocenters. The van der Waals surface area contributed by atoms with Gasteiger partial charge >= 0.3 is 0 Å². The van der Waals surface area contributed by atoms with E-state index in [2.05, 4.69) is 10.4 Å². The Morgan fingerprint density at radius 3 is 2.95 bits per heavy atom. The number of carbonyl (C=O) groups is 1. The minimum atomic E-state index is -0.620. The lowest BCUT2D eigenvalue weighted by molar-refractivity contribution is 0.0850. The van der Waals surface area contributed by atoms with E-state index in [1.807, 2.05) is 24.3 Å². The van der Waals surface area contributed by atoms with Crippen molar-refractivity contribution >= 4 is 11.6 Å². The number of fused-ring (bicyclic) bond motifs is 1. The smallest absolute Gasteiger partial charge is 0.272 e. The second-order valence-corrected chi connectivity index (χ2v) is 4.99. The number of benzene rings is 1. The number of amides is 1. The van der Waals surface area contributed by atoms with Crippen molar-refractivity contribution in [1.82, 2.24) is 15.1 Å². The Hall–Kier alpha value is -2.34. The molecule has 0 aliphatic heterocycles. The molecule has 1 aliphatic carbocycles. The Balaban J connectivity index is 1.87. The Kier molecular flexibility index (Phi) is 2.94. The quantitative estimate of drug-likeness (QED) is 0.737. The van der Waals surface area contributed by atoms with E-state index in [9.17, 15) is 9.90 Å². The summed E-state index contributed by atoms with van der Waals surface area (Å²) in [5, 5.41) is 16.9. The van der Waals surface area contributed by atoms with E-state index < -0.39 is 12.1 Å². The number of aliphatic hydroxyl groups excluding tert-OH is 1. The lowest BCUT2D eigenvalue weighted by Gasteiger charge is -2.18. The predicted molar refractivity (Wildman–Crippen MR) is 74.0 cm³/mol. The number of aryl methyl sites for hydroxylation is 1. The van der Waals surface area contributed by atoms with Crippen LogP contribution in [0.25, 0.3) is 0 Å². The summed E-state index contributed by atoms with van der Waals surface area (Å²) < 4.78 is 1.43. The van der Waals surface area contributed by atoms with Gasteiger partial charge in [-0.25, -0.2) is 0 Å². The molecule has 4 N–H and O–H groups in total. The molecule has 0 radical (unpaired) electrons. The number of rotatable bonds is 2. The maximum absolute atomic E-state index is 12.3. The van der Waals surface area contributed by atoms with Crippen molar-refractivity contribution in [1.29, 1.82) is 0 Å². The maximum Gasteiger partial charge on any atom is 0.272 e. The predicted octanol–water partition coefficient (Wildman–Crippen LogP) is 0.390. The molecule has 1 aromatic carbocycles. The standard InChI is InChI=1S/C14H16N4O2/c1-18-13(10(15)7-16-18)14(20)17-12-9-5-3-2-4-8(9)6-11(12)19/h2-5,7,11-12,19H,6,15H2,1H3,(H,17,20)/t11-,12+/m0/s1. The van der Waals surface area contributed by atoms with Gasteiger partial charge in [0, 0.05) is 13.5 Å². The molecule has 1 aromatic heterocycles. The third kappa shape index (κ3) is 1.94. The number of nitrogen functional groups attached to an aromatic ring is 1. The van der Waals surface area contributed by atoms with Crippen LogP contribution in [0.3, 0.4) is 0 Å². The molecule has 3 rings (SSSR count). The van der Waals surface area contributed by atoms with E-state index in [1.54, 1.807) is 7.05 Å². The lowest BCUT2D eigenvalue weighted by atomic mass is 10.1. The molecule has 0 bridgehead atoms. The van der Waals surface area contributed by atoms with Crippen molar-refractivity contribution in [2.24, 2.45) is 7.05 Å². The summed E-state index contributed by atoms with van der Waals surface area (Å²) in [4.78, 5) is 12.3. The van der Waals surface area contributed by atoms with Gasteiger partial charge in [-0.3, -0.25) is 9.48 Å². The number of nitrogens with one attached hydrogen (secondary N) is 1. The van der Waals surface area contributed by atoms with Crippen LogP contribution >= 0.6 is 0 Å². The molecule has 104 valence electrons. The molecular formula is C14H16N4O2. The van der Waals surface area contributed by atoms with Crippen molar-refractivity contribution < 1.29 is 9.90 Å². The highest BCUT2D eigenvalue weighted by Gasteiger charge is 2.32. The third-order valence-corrected chi connectivity index (χ3v) is 3.67. The molecule has 2 aromatic rings. The molecule has 1 heterocycles. The fourth-order valence-electron chi connectivity index (χ4n) is 2.69. The van der Waals surface area contributed by atoms with Crippen molar-refractivity contribution in [2.75, 3.05) is 5.73 Å². The zero-order chi connectivity index (χ0) is 14.3. The van der Waals surface area contributed by atoms with Crippen molar-refractivity contribution in [2.45, 2.75) is 18.6 Å². The Bertz CT molecular complexity index is 645. The zero-order valence-corrected chi connectivity index (χ0v) is 11.1. The Morgan fingerprint density at radius 2 is 2.25 bits per heavy atom. The van der Waals surface area contributed by atoms with Gasteiger partial charge < -0.3 is 16.2 Å². The number of nitrogens with two attached hydrogens (primary N) is 1. The number of carbonyl (C=O) groups excluding carboxylic acids is 1. The van der Waals surface area contributed by atoms with E-state index in [-0.39, 0.29) is 5.91 Å². The highest BCUT2D eigenvalue weighted by molar-refractivity contribution is 5.97. The molecule has 1 aliphatic rings. The lowest BCUT2D eigenvalue weighted by Crippen LogP contribution is -2.35. The maximum atomic E-state index is 12.3. The van der Waals surface area contributed by atoms with Gasteiger partial charge in [0.15, 0.2) is 0 Å². The van der Waals surface area contributed by atoms with Gasteiger partial charge in [-0.05, 0) is 11.1 Å². The monoisotopic (exact) mass is 272 g/mol. The van der Waals surface area contributed by atoms with Crippen molar-refractivity contribution in [3.8, 4) is 0 Å². The highest BCUT2D eigenvalue weighted by atomic mass is 16.3. The van der Waals surface area contributed by atoms with E-state index in [1.165, 1.54) is 10.9 Å². The second kappa shape index (κ2) is 4.64. The van der Waals surface area contributed by atoms with Crippen LogP contribution in [0.5, 0.6) is 0 Å². The first-order valence-electron chi connectivity index (χ1n) is 6.42. The average molecular weight is 272 g/mol. The molecule has 0 saturated carbocycles. The van der Waals surface area contributed by atoms with Gasteiger partial charge in [-0.15, -0.1) is 0 Å². The van der Waals surface area contributed by atoms with E-state index in [4.69, 9.17) is 5.73 Å². The molecule has 20 heavy (non-hydrogen) atoms. The van der Waals surface area contributed by atoms with Crippen LogP contribution in [0, 0.1) is 0 Å². The van der Waals surface area contributed by atoms with E-state index in [0.29, 0.717) is 17.8 Å². The number of hydrogen-bond donors (Lipinski definition) is 3. The molecule has 0 unspecified atom stereocenters. The topological polar surface area (TPSA) is 93.2 Å². The second-order valence-electron chi connectivity index (χ2n) is 4.99. The minimum absolute atomic E-state index is 0.307. The molecule has 6 nitrogen and oxygen atoms in total. The molecule has 6 heteroatoms. The Morgan fingerprint density at radius 1 is 1.50 bits per heavy atom. The molecule has 1 amide bonds. The summed E-state index contributed by atoms with van der Waals surface area (Å²) in [6, 6.07) is 7.29. The number of hydrogen-bond acceptors (Lipinski definition) is 4. The molecule has 0 fully saturated rings. The van der Waals surface area contributed by atoms with Gasteiger partial charge in [-0.2, -0.15) is 5.10 Å². The number of aliphatic hydroxyl groups is 1. The zero-order valence-electron chi connectivity index (χ0n) is 11.1. The van der Waals surface area contributed by atoms with E-state index in [0.717, 1.165) is 11.1 Å². The summed E-state index contributed by atoms with van der Waals surface area (Å²) in [6.45, 7) is 0. The van der Waals surface area contributed by atoms with Crippen LogP contribution in [-0.4, -0.2) is 26.9 Å². The Labute approximate surface area is 116 Å². The summed E-state index contributed by atoms with van der Waals surface area (Å²) in [7, 11) is 1.66. The van der Waals surface area contributed by atoms with Gasteiger partial charge in [0.2, 0.25) is 0 Å². The van der Waals surface area contributed by atoms with Crippen LogP contribution in [0.4, 0.5) is 5.69 Å². The summed E-state index contributed by atoms with van der Waals surface area (Å²) in [5.74, 6) is -0.330. The summed E-state index contributed by atoms with van der Waals surface area (Å²) in [6.07, 6.45) is 1.36. The fraction of sp³-hybridized carbons (Fsp3) is 0.286. The minimum Gasteiger partial charge on any atom is -0.396 e. The molecule has 0 saturated heterocycles. The third-order valence-electron chi connectivity index (χ3n) is 3.67. The van der Waals surface area contributed by atoms with Gasteiger partial charge in [0.25, 0.3) is 5.91 Å². The summed E-state index contributed by atoms with van der Waals surface area (Å²) >= 11 is 0.